The molecule has 0 aromatic heterocycles. The molecule has 0 radical (unpaired) electrons. The second kappa shape index (κ2) is 6.78. The minimum atomic E-state index is -4.43. The number of benzene rings is 1. The Balaban J connectivity index is 3.17. The maximum atomic E-state index is 13.5. The SMILES string of the molecule is CC(C)C(CCCl)NS(=O)(=O)c1c(F)cc(F)cc1F. The van der Waals surface area contributed by atoms with Crippen LogP contribution in [0.15, 0.2) is 17.0 Å². The first-order valence-corrected chi connectivity index (χ1v) is 7.93. The highest BCUT2D eigenvalue weighted by Crippen LogP contribution is 2.21. The van der Waals surface area contributed by atoms with Crippen LogP contribution in [0.1, 0.15) is 20.3 Å². The van der Waals surface area contributed by atoms with E-state index in [1.165, 1.54) is 0 Å². The van der Waals surface area contributed by atoms with Gasteiger partial charge in [0.2, 0.25) is 10.0 Å². The standard InChI is InChI=1S/C12H15ClF3NO2S/c1-7(2)11(3-4-13)17-20(18,19)12-9(15)5-8(14)6-10(12)16/h5-7,11,17H,3-4H2,1-2H3. The molecule has 0 amide bonds. The fourth-order valence-corrected chi connectivity index (χ4v) is 3.46. The molecule has 0 spiro atoms. The predicted molar refractivity (Wildman–Crippen MR) is 70.6 cm³/mol. The Bertz CT molecular complexity index is 555. The van der Waals surface area contributed by atoms with Crippen LogP contribution in [0.2, 0.25) is 0 Å². The molecule has 1 aromatic carbocycles. The number of rotatable bonds is 6. The molecule has 0 aliphatic heterocycles. The third kappa shape index (κ3) is 4.10. The molecule has 0 saturated heterocycles. The second-order valence-electron chi connectivity index (χ2n) is 4.65. The van der Waals surface area contributed by atoms with Crippen LogP contribution in [0.5, 0.6) is 0 Å². The van der Waals surface area contributed by atoms with E-state index in [-0.39, 0.29) is 11.8 Å². The summed E-state index contributed by atoms with van der Waals surface area (Å²) in [6.45, 7) is 3.49. The van der Waals surface area contributed by atoms with Gasteiger partial charge in [0, 0.05) is 24.1 Å². The zero-order valence-corrected chi connectivity index (χ0v) is 12.5. The summed E-state index contributed by atoms with van der Waals surface area (Å²) in [6, 6.07) is 0.0778. The monoisotopic (exact) mass is 329 g/mol. The van der Waals surface area contributed by atoms with E-state index in [2.05, 4.69) is 4.72 Å². The lowest BCUT2D eigenvalue weighted by molar-refractivity contribution is 0.432. The van der Waals surface area contributed by atoms with Gasteiger partial charge in [0.25, 0.3) is 0 Å². The fourth-order valence-electron chi connectivity index (χ4n) is 1.69. The average molecular weight is 330 g/mol. The van der Waals surface area contributed by atoms with Crippen LogP contribution in [0.4, 0.5) is 13.2 Å². The topological polar surface area (TPSA) is 46.2 Å². The molecule has 1 atom stereocenters. The highest BCUT2D eigenvalue weighted by Gasteiger charge is 2.28. The third-order valence-corrected chi connectivity index (χ3v) is 4.52. The Morgan fingerprint density at radius 2 is 1.70 bits per heavy atom. The summed E-state index contributed by atoms with van der Waals surface area (Å²) in [5.41, 5.74) is 0. The highest BCUT2D eigenvalue weighted by molar-refractivity contribution is 7.89. The van der Waals surface area contributed by atoms with Gasteiger partial charge in [-0.05, 0) is 12.3 Å². The van der Waals surface area contributed by atoms with Crippen LogP contribution >= 0.6 is 11.6 Å². The summed E-state index contributed by atoms with van der Waals surface area (Å²) in [5.74, 6) is -4.04. The lowest BCUT2D eigenvalue weighted by atomic mass is 10.0. The zero-order valence-electron chi connectivity index (χ0n) is 11.0. The number of hydrogen-bond donors (Lipinski definition) is 1. The van der Waals surface area contributed by atoms with Crippen LogP contribution in [0.3, 0.4) is 0 Å². The van der Waals surface area contributed by atoms with Gasteiger partial charge in [-0.25, -0.2) is 26.3 Å². The molecule has 114 valence electrons. The number of halogens is 4. The van der Waals surface area contributed by atoms with Crippen molar-refractivity contribution >= 4 is 21.6 Å². The molecule has 0 heterocycles. The van der Waals surface area contributed by atoms with Crippen LogP contribution in [0, 0.1) is 23.4 Å². The Morgan fingerprint density at radius 3 is 2.10 bits per heavy atom. The van der Waals surface area contributed by atoms with Gasteiger partial charge in [0.1, 0.15) is 17.5 Å². The van der Waals surface area contributed by atoms with Crippen LogP contribution in [-0.4, -0.2) is 20.3 Å². The molecule has 0 aliphatic rings. The normalized spacial score (nSPS) is 13.8. The molecule has 1 rings (SSSR count). The minimum Gasteiger partial charge on any atom is -0.208 e. The molecule has 1 aromatic rings. The Labute approximate surface area is 121 Å². The van der Waals surface area contributed by atoms with Crippen molar-refractivity contribution in [2.24, 2.45) is 5.92 Å². The Morgan fingerprint density at radius 1 is 1.20 bits per heavy atom. The van der Waals surface area contributed by atoms with Crippen molar-refractivity contribution in [3.63, 3.8) is 0 Å². The first-order valence-electron chi connectivity index (χ1n) is 5.92. The van der Waals surface area contributed by atoms with Gasteiger partial charge >= 0.3 is 0 Å². The van der Waals surface area contributed by atoms with Crippen molar-refractivity contribution in [1.82, 2.24) is 4.72 Å². The molecule has 1 unspecified atom stereocenters. The van der Waals surface area contributed by atoms with E-state index in [4.69, 9.17) is 11.6 Å². The maximum absolute atomic E-state index is 13.5. The Hall–Kier alpha value is -0.790. The van der Waals surface area contributed by atoms with Crippen LogP contribution in [0.25, 0.3) is 0 Å². The molecular formula is C12H15ClF3NO2S. The van der Waals surface area contributed by atoms with Gasteiger partial charge < -0.3 is 0 Å². The van der Waals surface area contributed by atoms with Crippen molar-refractivity contribution in [2.45, 2.75) is 31.2 Å². The van der Waals surface area contributed by atoms with Crippen molar-refractivity contribution in [1.29, 1.82) is 0 Å². The van der Waals surface area contributed by atoms with Gasteiger partial charge in [-0.2, -0.15) is 0 Å². The smallest absolute Gasteiger partial charge is 0.208 e. The summed E-state index contributed by atoms with van der Waals surface area (Å²) in [4.78, 5) is -1.18. The van der Waals surface area contributed by atoms with E-state index < -0.39 is 38.4 Å². The third-order valence-electron chi connectivity index (χ3n) is 2.76. The first kappa shape index (κ1) is 17.3. The number of hydrogen-bond acceptors (Lipinski definition) is 2. The zero-order chi connectivity index (χ0) is 15.5. The Kier molecular flexibility index (Phi) is 5.85. The summed E-state index contributed by atoms with van der Waals surface area (Å²) >= 11 is 5.57. The number of alkyl halides is 1. The summed E-state index contributed by atoms with van der Waals surface area (Å²) in [6.07, 6.45) is 0.308. The van der Waals surface area contributed by atoms with E-state index in [1.807, 2.05) is 0 Å². The molecule has 8 heteroatoms. The van der Waals surface area contributed by atoms with Crippen molar-refractivity contribution in [3.05, 3.63) is 29.6 Å². The number of nitrogens with one attached hydrogen (secondary N) is 1. The number of sulfonamides is 1. The van der Waals surface area contributed by atoms with E-state index in [9.17, 15) is 21.6 Å². The lowest BCUT2D eigenvalue weighted by Gasteiger charge is -2.21. The highest BCUT2D eigenvalue weighted by atomic mass is 35.5. The van der Waals surface area contributed by atoms with Crippen LogP contribution in [-0.2, 0) is 10.0 Å². The fraction of sp³-hybridized carbons (Fsp3) is 0.500. The average Bonchev–Trinajstić information content (AvgIpc) is 2.25. The van der Waals surface area contributed by atoms with Gasteiger partial charge in [-0.1, -0.05) is 13.8 Å². The molecule has 0 saturated carbocycles. The van der Waals surface area contributed by atoms with E-state index in [0.717, 1.165) is 0 Å². The van der Waals surface area contributed by atoms with Gasteiger partial charge in [-0.3, -0.25) is 0 Å². The van der Waals surface area contributed by atoms with Crippen LogP contribution < -0.4 is 4.72 Å². The molecule has 0 fully saturated rings. The first-order chi connectivity index (χ1) is 9.19. The minimum absolute atomic E-state index is 0.116. The van der Waals surface area contributed by atoms with E-state index >= 15 is 0 Å². The van der Waals surface area contributed by atoms with Crippen molar-refractivity contribution in [3.8, 4) is 0 Å². The molecule has 3 nitrogen and oxygen atoms in total. The molecule has 1 N–H and O–H groups in total. The van der Waals surface area contributed by atoms with Crippen molar-refractivity contribution < 1.29 is 21.6 Å². The molecule has 0 aliphatic carbocycles. The van der Waals surface area contributed by atoms with Gasteiger partial charge in [0.15, 0.2) is 4.90 Å². The van der Waals surface area contributed by atoms with Crippen molar-refractivity contribution in [2.75, 3.05) is 5.88 Å². The second-order valence-corrected chi connectivity index (χ2v) is 6.68. The predicted octanol–water partition coefficient (Wildman–Crippen LogP) is 3.04. The maximum Gasteiger partial charge on any atom is 0.246 e. The largest absolute Gasteiger partial charge is 0.246 e. The van der Waals surface area contributed by atoms with Gasteiger partial charge in [0.05, 0.1) is 0 Å². The lowest BCUT2D eigenvalue weighted by Crippen LogP contribution is -2.39. The summed E-state index contributed by atoms with van der Waals surface area (Å²) < 4.78 is 66.1. The van der Waals surface area contributed by atoms with E-state index in [1.54, 1.807) is 13.8 Å². The van der Waals surface area contributed by atoms with Gasteiger partial charge in [-0.15, -0.1) is 11.6 Å². The molecule has 0 bridgehead atoms. The quantitative estimate of drug-likeness (QED) is 0.815. The van der Waals surface area contributed by atoms with E-state index in [0.29, 0.717) is 18.6 Å². The molecular weight excluding hydrogens is 315 g/mol. The molecule has 20 heavy (non-hydrogen) atoms. The summed E-state index contributed by atoms with van der Waals surface area (Å²) in [5, 5.41) is 0. The summed E-state index contributed by atoms with van der Waals surface area (Å²) in [7, 11) is -4.43.